The summed E-state index contributed by atoms with van der Waals surface area (Å²) in [6, 6.07) is 9.89. The summed E-state index contributed by atoms with van der Waals surface area (Å²) in [4.78, 5) is 16.6. The van der Waals surface area contributed by atoms with Gasteiger partial charge in [0.25, 0.3) is 5.91 Å². The SMILES string of the molecule is CCCOc1ccc(C(=O)NCC(c2cccs2)N2CCCC2)cc1OCC. The highest BCUT2D eigenvalue weighted by Crippen LogP contribution is 2.30. The standard InChI is InChI=1S/C22H30N2O3S/c1-3-13-27-19-10-9-17(15-20(19)26-4-2)22(25)23-16-18(21-8-7-14-28-21)24-11-5-6-12-24/h7-10,14-15,18H,3-6,11-13,16H2,1-2H3,(H,23,25). The minimum atomic E-state index is -0.0799. The summed E-state index contributed by atoms with van der Waals surface area (Å²) in [5, 5.41) is 5.23. The van der Waals surface area contributed by atoms with E-state index in [-0.39, 0.29) is 11.9 Å². The fraction of sp³-hybridized carbons (Fsp3) is 0.500. The van der Waals surface area contributed by atoms with Gasteiger partial charge in [-0.2, -0.15) is 0 Å². The second-order valence-electron chi connectivity index (χ2n) is 6.93. The third-order valence-corrected chi connectivity index (χ3v) is 5.85. The maximum Gasteiger partial charge on any atom is 0.251 e. The van der Waals surface area contributed by atoms with E-state index in [1.807, 2.05) is 13.0 Å². The predicted octanol–water partition coefficient (Wildman–Crippen LogP) is 4.50. The Balaban J connectivity index is 1.68. The zero-order valence-corrected chi connectivity index (χ0v) is 17.6. The molecule has 1 amide bonds. The van der Waals surface area contributed by atoms with Gasteiger partial charge in [-0.3, -0.25) is 9.69 Å². The van der Waals surface area contributed by atoms with Crippen LogP contribution in [0.25, 0.3) is 0 Å². The summed E-state index contributed by atoms with van der Waals surface area (Å²) in [5.74, 6) is 1.23. The van der Waals surface area contributed by atoms with Crippen LogP contribution in [0.15, 0.2) is 35.7 Å². The molecular weight excluding hydrogens is 372 g/mol. The summed E-state index contributed by atoms with van der Waals surface area (Å²) in [7, 11) is 0. The van der Waals surface area contributed by atoms with Crippen molar-refractivity contribution in [1.82, 2.24) is 10.2 Å². The van der Waals surface area contributed by atoms with Gasteiger partial charge in [-0.25, -0.2) is 0 Å². The Morgan fingerprint density at radius 2 is 2.00 bits per heavy atom. The molecule has 152 valence electrons. The van der Waals surface area contributed by atoms with E-state index >= 15 is 0 Å². The van der Waals surface area contributed by atoms with E-state index in [1.54, 1.807) is 23.5 Å². The van der Waals surface area contributed by atoms with Crippen molar-refractivity contribution in [2.45, 2.75) is 39.2 Å². The van der Waals surface area contributed by atoms with Crippen LogP contribution >= 0.6 is 11.3 Å². The van der Waals surface area contributed by atoms with Crippen molar-refractivity contribution in [2.75, 3.05) is 32.8 Å². The monoisotopic (exact) mass is 402 g/mol. The molecule has 1 N–H and O–H groups in total. The fourth-order valence-corrected chi connectivity index (χ4v) is 4.34. The van der Waals surface area contributed by atoms with Crippen LogP contribution in [0, 0.1) is 0 Å². The van der Waals surface area contributed by atoms with E-state index < -0.39 is 0 Å². The van der Waals surface area contributed by atoms with Gasteiger partial charge < -0.3 is 14.8 Å². The van der Waals surface area contributed by atoms with Gasteiger partial charge in [-0.15, -0.1) is 11.3 Å². The van der Waals surface area contributed by atoms with Crippen molar-refractivity contribution in [3.63, 3.8) is 0 Å². The lowest BCUT2D eigenvalue weighted by Crippen LogP contribution is -2.36. The van der Waals surface area contributed by atoms with Crippen LogP contribution in [0.3, 0.4) is 0 Å². The Morgan fingerprint density at radius 1 is 1.18 bits per heavy atom. The lowest BCUT2D eigenvalue weighted by Gasteiger charge is -2.27. The number of thiophene rings is 1. The Kier molecular flexibility index (Phi) is 7.74. The zero-order chi connectivity index (χ0) is 19.8. The van der Waals surface area contributed by atoms with Crippen LogP contribution in [-0.4, -0.2) is 43.7 Å². The van der Waals surface area contributed by atoms with Gasteiger partial charge in [0.05, 0.1) is 19.3 Å². The molecule has 0 aliphatic carbocycles. The van der Waals surface area contributed by atoms with Gasteiger partial charge in [0, 0.05) is 17.0 Å². The molecule has 1 unspecified atom stereocenters. The normalized spacial score (nSPS) is 15.4. The van der Waals surface area contributed by atoms with Crippen LogP contribution in [-0.2, 0) is 0 Å². The van der Waals surface area contributed by atoms with E-state index in [9.17, 15) is 4.79 Å². The number of carbonyl (C=O) groups excluding carboxylic acids is 1. The number of carbonyl (C=O) groups is 1. The second-order valence-corrected chi connectivity index (χ2v) is 7.91. The number of rotatable bonds is 10. The molecule has 5 nitrogen and oxygen atoms in total. The first kappa shape index (κ1) is 20.7. The van der Waals surface area contributed by atoms with Crippen molar-refractivity contribution in [3.05, 3.63) is 46.2 Å². The largest absolute Gasteiger partial charge is 0.490 e. The first-order valence-electron chi connectivity index (χ1n) is 10.2. The van der Waals surface area contributed by atoms with Gasteiger partial charge in [0.2, 0.25) is 0 Å². The average Bonchev–Trinajstić information content (AvgIpc) is 3.42. The van der Waals surface area contributed by atoms with Crippen molar-refractivity contribution >= 4 is 17.2 Å². The number of likely N-dealkylation sites (tertiary alicyclic amines) is 1. The van der Waals surface area contributed by atoms with Gasteiger partial charge >= 0.3 is 0 Å². The van der Waals surface area contributed by atoms with Crippen LogP contribution in [0.1, 0.15) is 54.4 Å². The molecule has 1 saturated heterocycles. The number of hydrogen-bond acceptors (Lipinski definition) is 5. The lowest BCUT2D eigenvalue weighted by molar-refractivity contribution is 0.0938. The molecule has 6 heteroatoms. The summed E-state index contributed by atoms with van der Waals surface area (Å²) >= 11 is 1.75. The molecule has 0 radical (unpaired) electrons. The average molecular weight is 403 g/mol. The molecule has 3 rings (SSSR count). The molecule has 1 aliphatic rings. The lowest BCUT2D eigenvalue weighted by atomic mass is 10.1. The smallest absolute Gasteiger partial charge is 0.251 e. The van der Waals surface area contributed by atoms with Crippen LogP contribution in [0.4, 0.5) is 0 Å². The molecule has 1 fully saturated rings. The minimum absolute atomic E-state index is 0.0799. The van der Waals surface area contributed by atoms with Crippen LogP contribution < -0.4 is 14.8 Å². The maximum atomic E-state index is 12.8. The highest BCUT2D eigenvalue weighted by atomic mass is 32.1. The third kappa shape index (κ3) is 5.26. The Labute approximate surface area is 171 Å². The minimum Gasteiger partial charge on any atom is -0.490 e. The topological polar surface area (TPSA) is 50.8 Å². The van der Waals surface area contributed by atoms with Crippen molar-refractivity contribution < 1.29 is 14.3 Å². The molecule has 0 bridgehead atoms. The van der Waals surface area contributed by atoms with E-state index in [0.717, 1.165) is 19.5 Å². The Morgan fingerprint density at radius 3 is 2.68 bits per heavy atom. The molecule has 0 spiro atoms. The first-order valence-corrected chi connectivity index (χ1v) is 11.1. The molecule has 1 aromatic heterocycles. The molecule has 2 heterocycles. The fourth-order valence-electron chi connectivity index (χ4n) is 3.48. The molecule has 0 saturated carbocycles. The van der Waals surface area contributed by atoms with E-state index in [2.05, 4.69) is 34.7 Å². The summed E-state index contributed by atoms with van der Waals surface area (Å²) in [5.41, 5.74) is 0.596. The van der Waals surface area contributed by atoms with Crippen molar-refractivity contribution in [2.24, 2.45) is 0 Å². The number of amides is 1. The van der Waals surface area contributed by atoms with Crippen molar-refractivity contribution in [3.8, 4) is 11.5 Å². The van der Waals surface area contributed by atoms with E-state index in [1.165, 1.54) is 17.7 Å². The van der Waals surface area contributed by atoms with Gasteiger partial charge in [0.1, 0.15) is 0 Å². The van der Waals surface area contributed by atoms with Gasteiger partial charge in [-0.1, -0.05) is 13.0 Å². The Bertz CT molecular complexity index is 742. The molecule has 1 atom stereocenters. The van der Waals surface area contributed by atoms with Crippen molar-refractivity contribution in [1.29, 1.82) is 0 Å². The highest BCUT2D eigenvalue weighted by Gasteiger charge is 2.25. The number of benzene rings is 1. The number of nitrogens with zero attached hydrogens (tertiary/aromatic N) is 1. The van der Waals surface area contributed by atoms with Gasteiger partial charge in [0.15, 0.2) is 11.5 Å². The second kappa shape index (κ2) is 10.5. The number of hydrogen-bond donors (Lipinski definition) is 1. The van der Waals surface area contributed by atoms with Crippen LogP contribution in [0.2, 0.25) is 0 Å². The quantitative estimate of drug-likeness (QED) is 0.636. The van der Waals surface area contributed by atoms with Crippen LogP contribution in [0.5, 0.6) is 11.5 Å². The third-order valence-electron chi connectivity index (χ3n) is 4.88. The summed E-state index contributed by atoms with van der Waals surface area (Å²) < 4.78 is 11.4. The highest BCUT2D eigenvalue weighted by molar-refractivity contribution is 7.10. The molecule has 1 aliphatic heterocycles. The van der Waals surface area contributed by atoms with E-state index in [0.29, 0.717) is 36.8 Å². The molecule has 28 heavy (non-hydrogen) atoms. The molecule has 1 aromatic carbocycles. The number of ether oxygens (including phenoxy) is 2. The predicted molar refractivity (Wildman–Crippen MR) is 114 cm³/mol. The summed E-state index contributed by atoms with van der Waals surface area (Å²) in [6.07, 6.45) is 3.38. The maximum absolute atomic E-state index is 12.8. The molecular formula is C22H30N2O3S. The zero-order valence-electron chi connectivity index (χ0n) is 16.8. The summed E-state index contributed by atoms with van der Waals surface area (Å²) in [6.45, 7) is 7.95. The first-order chi connectivity index (χ1) is 13.7. The molecule has 2 aromatic rings. The Hall–Kier alpha value is -2.05. The number of nitrogens with one attached hydrogen (secondary N) is 1. The van der Waals surface area contributed by atoms with E-state index in [4.69, 9.17) is 9.47 Å². The van der Waals surface area contributed by atoms with Gasteiger partial charge in [-0.05, 0) is 68.9 Å².